The van der Waals surface area contributed by atoms with Crippen LogP contribution in [0, 0.1) is 24.2 Å². The number of benzene rings is 3. The largest absolute Gasteiger partial charge is 0.351 e. The Kier molecular flexibility index (Phi) is 5.84. The summed E-state index contributed by atoms with van der Waals surface area (Å²) in [5, 5.41) is 0. The van der Waals surface area contributed by atoms with E-state index in [1.165, 1.54) is 11.1 Å². The van der Waals surface area contributed by atoms with E-state index in [1.54, 1.807) is 0 Å². The molecule has 4 heteroatoms. The van der Waals surface area contributed by atoms with Crippen LogP contribution in [0.4, 0.5) is 0 Å². The lowest BCUT2D eigenvalue weighted by Gasteiger charge is -2.55. The molecule has 2 atom stereocenters. The highest BCUT2D eigenvalue weighted by Gasteiger charge is 2.59. The molecule has 3 aromatic carbocycles. The normalized spacial score (nSPS) is 24.8. The van der Waals surface area contributed by atoms with E-state index < -0.39 is 5.60 Å². The summed E-state index contributed by atoms with van der Waals surface area (Å²) in [6.45, 7) is 0.561. The van der Waals surface area contributed by atoms with Gasteiger partial charge >= 0.3 is 0 Å². The lowest BCUT2D eigenvalue weighted by atomic mass is 9.52. The molecule has 3 aromatic rings. The van der Waals surface area contributed by atoms with Crippen molar-refractivity contribution in [1.82, 2.24) is 0 Å². The highest BCUT2D eigenvalue weighted by Crippen LogP contribution is 2.62. The fourth-order valence-electron chi connectivity index (χ4n) is 5.42. The highest BCUT2D eigenvalue weighted by molar-refractivity contribution is 6.55. The molecule has 0 saturated carbocycles. The molecule has 0 unspecified atom stereocenters. The molecule has 3 aliphatic carbocycles. The zero-order valence-corrected chi connectivity index (χ0v) is 18.9. The van der Waals surface area contributed by atoms with Crippen LogP contribution in [0.2, 0.25) is 0 Å². The van der Waals surface area contributed by atoms with Crippen LogP contribution in [0.5, 0.6) is 0 Å². The summed E-state index contributed by atoms with van der Waals surface area (Å²) >= 11 is 12.3. The summed E-state index contributed by atoms with van der Waals surface area (Å²) in [5.41, 5.74) is 4.80. The van der Waals surface area contributed by atoms with E-state index in [4.69, 9.17) is 39.1 Å². The molecule has 0 aliphatic heterocycles. The fourth-order valence-corrected chi connectivity index (χ4v) is 5.71. The van der Waals surface area contributed by atoms with E-state index in [0.29, 0.717) is 6.61 Å². The van der Waals surface area contributed by atoms with E-state index >= 15 is 0 Å². The molecule has 0 fully saturated rings. The number of terminal acetylenes is 1. The number of halogens is 2. The Hall–Kier alpha value is -2.54. The molecule has 0 aromatic heterocycles. The fraction of sp³-hybridized carbons (Fsp3) is 0.214. The first-order valence-electron chi connectivity index (χ1n) is 10.6. The summed E-state index contributed by atoms with van der Waals surface area (Å²) in [6, 6.07) is 26.7. The van der Waals surface area contributed by atoms with Crippen LogP contribution in [0.3, 0.4) is 0 Å². The molecule has 0 spiro atoms. The second-order valence-electron chi connectivity index (χ2n) is 8.16. The Morgan fingerprint density at radius 1 is 0.906 bits per heavy atom. The first-order valence-corrected chi connectivity index (χ1v) is 11.4. The molecule has 0 amide bonds. The van der Waals surface area contributed by atoms with Gasteiger partial charge in [-0.25, -0.2) is 0 Å². The first kappa shape index (κ1) is 21.3. The summed E-state index contributed by atoms with van der Waals surface area (Å²) in [4.78, 5) is 0. The van der Waals surface area contributed by atoms with Crippen LogP contribution in [-0.4, -0.2) is 6.79 Å². The minimum Gasteiger partial charge on any atom is -0.351 e. The van der Waals surface area contributed by atoms with Crippen molar-refractivity contribution in [1.29, 1.82) is 0 Å². The molecule has 32 heavy (non-hydrogen) atoms. The van der Waals surface area contributed by atoms with Gasteiger partial charge in [0.25, 0.3) is 0 Å². The molecule has 0 N–H and O–H groups in total. The molecule has 0 radical (unpaired) electrons. The molecular formula is C28H22Cl2O2. The third-order valence-corrected chi connectivity index (χ3v) is 6.83. The number of ether oxygens (including phenoxy) is 2. The maximum absolute atomic E-state index is 6.67. The zero-order chi connectivity index (χ0) is 22.1. The summed E-state index contributed by atoms with van der Waals surface area (Å²) < 4.78 is 12.8. The Morgan fingerprint density at radius 2 is 1.50 bits per heavy atom. The molecule has 0 heterocycles. The van der Waals surface area contributed by atoms with Crippen LogP contribution in [-0.2, 0) is 21.7 Å². The van der Waals surface area contributed by atoms with E-state index in [2.05, 4.69) is 42.3 Å². The van der Waals surface area contributed by atoms with Crippen molar-refractivity contribution in [2.75, 3.05) is 6.79 Å². The Morgan fingerprint density at radius 3 is 2.09 bits per heavy atom. The van der Waals surface area contributed by atoms with Gasteiger partial charge in [0.1, 0.15) is 16.9 Å². The second-order valence-corrected chi connectivity index (χ2v) is 9.17. The van der Waals surface area contributed by atoms with Gasteiger partial charge in [0, 0.05) is 11.8 Å². The quantitative estimate of drug-likeness (QED) is 0.229. The third-order valence-electron chi connectivity index (χ3n) is 6.58. The van der Waals surface area contributed by atoms with E-state index in [0.717, 1.165) is 16.7 Å². The van der Waals surface area contributed by atoms with Crippen LogP contribution >= 0.6 is 23.2 Å². The Bertz CT molecular complexity index is 1140. The first-order chi connectivity index (χ1) is 15.7. The summed E-state index contributed by atoms with van der Waals surface area (Å²) in [5.74, 6) is 2.71. The third kappa shape index (κ3) is 3.38. The van der Waals surface area contributed by atoms with Gasteiger partial charge in [-0.15, -0.1) is 6.42 Å². The van der Waals surface area contributed by atoms with Crippen molar-refractivity contribution < 1.29 is 9.47 Å². The van der Waals surface area contributed by atoms with Crippen molar-refractivity contribution in [2.24, 2.45) is 11.8 Å². The lowest BCUT2D eigenvalue weighted by Crippen LogP contribution is -2.53. The minimum absolute atomic E-state index is 0.0617. The monoisotopic (exact) mass is 460 g/mol. The number of hydrogen-bond donors (Lipinski definition) is 0. The van der Waals surface area contributed by atoms with Crippen molar-refractivity contribution >= 4 is 23.2 Å². The van der Waals surface area contributed by atoms with Gasteiger partial charge in [-0.1, -0.05) is 108 Å². The van der Waals surface area contributed by atoms with E-state index in [9.17, 15) is 0 Å². The lowest BCUT2D eigenvalue weighted by molar-refractivity contribution is -0.161. The molecule has 2 bridgehead atoms. The molecule has 3 aliphatic rings. The van der Waals surface area contributed by atoms with Gasteiger partial charge in [-0.3, -0.25) is 0 Å². The van der Waals surface area contributed by atoms with Gasteiger partial charge in [-0.2, -0.15) is 0 Å². The van der Waals surface area contributed by atoms with Crippen LogP contribution in [0.1, 0.15) is 33.7 Å². The minimum atomic E-state index is -0.849. The smallest absolute Gasteiger partial charge is 0.148 e. The number of hydrogen-bond acceptors (Lipinski definition) is 2. The van der Waals surface area contributed by atoms with Crippen LogP contribution in [0.15, 0.2) is 89.4 Å². The average Bonchev–Trinajstić information content (AvgIpc) is 2.82. The molecule has 160 valence electrons. The van der Waals surface area contributed by atoms with Crippen molar-refractivity contribution in [2.45, 2.75) is 18.1 Å². The molecule has 6 rings (SSSR count). The van der Waals surface area contributed by atoms with Gasteiger partial charge in [0.05, 0.1) is 12.5 Å². The van der Waals surface area contributed by atoms with Gasteiger partial charge in [-0.05, 0) is 33.9 Å². The van der Waals surface area contributed by atoms with Gasteiger partial charge < -0.3 is 9.47 Å². The van der Waals surface area contributed by atoms with Gasteiger partial charge in [0.2, 0.25) is 0 Å². The SMILES string of the molecule is C#C[C@H]1[C@@H](C=C(Cl)Cl)C2c3ccccc3C1(OCOCc1ccccc1)c1ccccc12. The standard InChI is InChI=1S/C28H22Cl2O2/c1-2-23-22(16-26(29)30)27-20-12-6-8-14-24(20)28(23,25-15-9-7-13-21(25)27)32-18-31-17-19-10-4-3-5-11-19/h1,3-16,22-23,27H,17-18H2/t22-,23+,27?,28?/m1/s1. The van der Waals surface area contributed by atoms with E-state index in [-0.39, 0.29) is 29.0 Å². The Labute approximate surface area is 198 Å². The van der Waals surface area contributed by atoms with Crippen LogP contribution in [0.25, 0.3) is 0 Å². The summed E-state index contributed by atoms with van der Waals surface area (Å²) in [7, 11) is 0. The zero-order valence-electron chi connectivity index (χ0n) is 17.4. The Balaban J connectivity index is 1.59. The van der Waals surface area contributed by atoms with E-state index in [1.807, 2.05) is 48.5 Å². The van der Waals surface area contributed by atoms with Gasteiger partial charge in [0.15, 0.2) is 0 Å². The van der Waals surface area contributed by atoms with Crippen molar-refractivity contribution in [3.63, 3.8) is 0 Å². The molecule has 2 nitrogen and oxygen atoms in total. The number of fused-ring (bicyclic) bond motifs is 1. The maximum atomic E-state index is 6.67. The number of allylic oxidation sites excluding steroid dienone is 1. The average molecular weight is 461 g/mol. The predicted molar refractivity (Wildman–Crippen MR) is 128 cm³/mol. The summed E-state index contributed by atoms with van der Waals surface area (Å²) in [6.07, 6.45) is 8.03. The van der Waals surface area contributed by atoms with Crippen molar-refractivity contribution in [3.05, 3.63) is 117 Å². The molecule has 0 saturated heterocycles. The second kappa shape index (κ2) is 8.77. The number of rotatable bonds is 6. The predicted octanol–water partition coefficient (Wildman–Crippen LogP) is 6.76. The van der Waals surface area contributed by atoms with Crippen LogP contribution < -0.4 is 0 Å². The topological polar surface area (TPSA) is 18.5 Å². The molecular weight excluding hydrogens is 439 g/mol. The van der Waals surface area contributed by atoms with Crippen molar-refractivity contribution in [3.8, 4) is 12.3 Å². The highest BCUT2D eigenvalue weighted by atomic mass is 35.5. The maximum Gasteiger partial charge on any atom is 0.148 e.